The molecule has 0 spiro atoms. The molecule has 132 valence electrons. The molecule has 0 N–H and O–H groups in total. The average molecular weight is 420 g/mol. The van der Waals surface area contributed by atoms with Crippen molar-refractivity contribution < 1.29 is 0 Å². The van der Waals surface area contributed by atoms with Gasteiger partial charge in [0.25, 0.3) is 0 Å². The van der Waals surface area contributed by atoms with Crippen LogP contribution in [-0.2, 0) is 6.54 Å². The van der Waals surface area contributed by atoms with E-state index in [0.717, 1.165) is 46.5 Å². The van der Waals surface area contributed by atoms with E-state index >= 15 is 0 Å². The van der Waals surface area contributed by atoms with Crippen molar-refractivity contribution in [1.82, 2.24) is 19.9 Å². The second kappa shape index (κ2) is 6.85. The van der Waals surface area contributed by atoms with Crippen LogP contribution in [0.3, 0.4) is 0 Å². The van der Waals surface area contributed by atoms with Crippen molar-refractivity contribution in [3.63, 3.8) is 0 Å². The predicted molar refractivity (Wildman–Crippen MR) is 105 cm³/mol. The standard InChI is InChI=1S/C18H22BrN5S/c1-11-12(2)21-18(25-3)22-17(11)24-10-15-6-16(24)9-23(15)8-14-5-4-13(19)7-20-14/h4-5,7,15-16H,6,8-10H2,1-3H3. The maximum Gasteiger partial charge on any atom is 0.189 e. The van der Waals surface area contributed by atoms with Crippen molar-refractivity contribution >= 4 is 33.5 Å². The molecule has 2 unspecified atom stereocenters. The first-order valence-electron chi connectivity index (χ1n) is 8.55. The van der Waals surface area contributed by atoms with Crippen molar-refractivity contribution in [3.8, 4) is 0 Å². The van der Waals surface area contributed by atoms with Gasteiger partial charge in [-0.3, -0.25) is 9.88 Å². The number of halogens is 1. The molecule has 4 rings (SSSR count). The molecule has 0 amide bonds. The Morgan fingerprint density at radius 2 is 2.04 bits per heavy atom. The number of likely N-dealkylation sites (tertiary alicyclic amines) is 1. The van der Waals surface area contributed by atoms with Gasteiger partial charge in [0.2, 0.25) is 0 Å². The van der Waals surface area contributed by atoms with Crippen LogP contribution >= 0.6 is 27.7 Å². The zero-order chi connectivity index (χ0) is 17.6. The SMILES string of the molecule is CSc1nc(C)c(C)c(N2CC3CC2CN3Cc2ccc(Br)cn2)n1. The Morgan fingerprint density at radius 3 is 2.68 bits per heavy atom. The van der Waals surface area contributed by atoms with Crippen LogP contribution in [0.15, 0.2) is 28.0 Å². The monoisotopic (exact) mass is 419 g/mol. The maximum atomic E-state index is 4.81. The number of fused-ring (bicyclic) bond motifs is 2. The summed E-state index contributed by atoms with van der Waals surface area (Å²) in [5.74, 6) is 1.13. The van der Waals surface area contributed by atoms with Gasteiger partial charge in [-0.05, 0) is 54.6 Å². The molecule has 2 aromatic rings. The Morgan fingerprint density at radius 1 is 1.20 bits per heavy atom. The summed E-state index contributed by atoms with van der Waals surface area (Å²) in [5.41, 5.74) is 3.44. The summed E-state index contributed by atoms with van der Waals surface area (Å²) in [4.78, 5) is 19.0. The van der Waals surface area contributed by atoms with Crippen molar-refractivity contribution in [1.29, 1.82) is 0 Å². The number of thioether (sulfide) groups is 1. The van der Waals surface area contributed by atoms with Gasteiger partial charge in [0.15, 0.2) is 5.16 Å². The minimum Gasteiger partial charge on any atom is -0.350 e. The highest BCUT2D eigenvalue weighted by atomic mass is 79.9. The number of aromatic nitrogens is 3. The number of aryl methyl sites for hydroxylation is 1. The van der Waals surface area contributed by atoms with Gasteiger partial charge in [0.05, 0.1) is 5.69 Å². The summed E-state index contributed by atoms with van der Waals surface area (Å²) in [6, 6.07) is 5.31. The molecule has 0 saturated carbocycles. The predicted octanol–water partition coefficient (Wildman–Crippen LogP) is 3.44. The van der Waals surface area contributed by atoms with E-state index in [1.807, 2.05) is 12.5 Å². The molecule has 7 heteroatoms. The summed E-state index contributed by atoms with van der Waals surface area (Å²) < 4.78 is 1.03. The molecule has 25 heavy (non-hydrogen) atoms. The number of rotatable bonds is 4. The minimum atomic E-state index is 0.545. The van der Waals surface area contributed by atoms with Crippen LogP contribution in [0.2, 0.25) is 0 Å². The largest absolute Gasteiger partial charge is 0.350 e. The Balaban J connectivity index is 1.50. The molecule has 2 aliphatic rings. The van der Waals surface area contributed by atoms with Gasteiger partial charge >= 0.3 is 0 Å². The number of anilines is 1. The fourth-order valence-corrected chi connectivity index (χ4v) is 4.51. The van der Waals surface area contributed by atoms with Gasteiger partial charge in [-0.1, -0.05) is 11.8 Å². The molecule has 2 saturated heterocycles. The molecular weight excluding hydrogens is 398 g/mol. The smallest absolute Gasteiger partial charge is 0.189 e. The van der Waals surface area contributed by atoms with E-state index in [4.69, 9.17) is 4.98 Å². The van der Waals surface area contributed by atoms with E-state index in [0.29, 0.717) is 12.1 Å². The number of piperazine rings is 1. The number of pyridine rings is 1. The first-order valence-corrected chi connectivity index (χ1v) is 10.6. The quantitative estimate of drug-likeness (QED) is 0.558. The Bertz CT molecular complexity index is 782. The van der Waals surface area contributed by atoms with Crippen molar-refractivity contribution in [2.24, 2.45) is 0 Å². The minimum absolute atomic E-state index is 0.545. The molecular formula is C18H22BrN5S. The second-order valence-electron chi connectivity index (χ2n) is 6.84. The number of hydrogen-bond acceptors (Lipinski definition) is 6. The fraction of sp³-hybridized carbons (Fsp3) is 0.500. The van der Waals surface area contributed by atoms with Crippen LogP contribution in [-0.4, -0.2) is 51.3 Å². The molecule has 2 atom stereocenters. The van der Waals surface area contributed by atoms with E-state index in [-0.39, 0.29) is 0 Å². The number of hydrogen-bond donors (Lipinski definition) is 0. The normalized spacial score (nSPS) is 22.8. The lowest BCUT2D eigenvalue weighted by Gasteiger charge is -2.35. The molecule has 2 aliphatic heterocycles. The number of nitrogens with zero attached hydrogens (tertiary/aromatic N) is 5. The first kappa shape index (κ1) is 17.2. The van der Waals surface area contributed by atoms with E-state index in [1.165, 1.54) is 12.0 Å². The van der Waals surface area contributed by atoms with Crippen molar-refractivity contribution in [2.45, 2.75) is 44.1 Å². The fourth-order valence-electron chi connectivity index (χ4n) is 3.87. The summed E-state index contributed by atoms with van der Waals surface area (Å²) in [6.07, 6.45) is 5.14. The van der Waals surface area contributed by atoms with E-state index in [9.17, 15) is 0 Å². The lowest BCUT2D eigenvalue weighted by atomic mass is 10.2. The van der Waals surface area contributed by atoms with E-state index in [2.05, 4.69) is 61.7 Å². The topological polar surface area (TPSA) is 45.2 Å². The van der Waals surface area contributed by atoms with Gasteiger partial charge in [-0.25, -0.2) is 9.97 Å². The highest BCUT2D eigenvalue weighted by molar-refractivity contribution is 9.10. The highest BCUT2D eigenvalue weighted by Gasteiger charge is 2.44. The van der Waals surface area contributed by atoms with Crippen LogP contribution in [0, 0.1) is 13.8 Å². The van der Waals surface area contributed by atoms with Gasteiger partial charge in [-0.2, -0.15) is 0 Å². The lowest BCUT2D eigenvalue weighted by Crippen LogP contribution is -2.46. The zero-order valence-electron chi connectivity index (χ0n) is 14.7. The molecule has 0 aliphatic carbocycles. The van der Waals surface area contributed by atoms with Gasteiger partial charge in [0, 0.05) is 53.6 Å². The summed E-state index contributed by atoms with van der Waals surface area (Å²) >= 11 is 5.07. The summed E-state index contributed by atoms with van der Waals surface area (Å²) in [5, 5.41) is 0.872. The second-order valence-corrected chi connectivity index (χ2v) is 8.53. The molecule has 0 aromatic carbocycles. The molecule has 5 nitrogen and oxygen atoms in total. The van der Waals surface area contributed by atoms with Gasteiger partial charge in [0.1, 0.15) is 5.82 Å². The van der Waals surface area contributed by atoms with Gasteiger partial charge < -0.3 is 4.90 Å². The molecule has 2 aromatic heterocycles. The van der Waals surface area contributed by atoms with Crippen LogP contribution < -0.4 is 4.90 Å². The van der Waals surface area contributed by atoms with E-state index < -0.39 is 0 Å². The third-order valence-electron chi connectivity index (χ3n) is 5.31. The third kappa shape index (κ3) is 3.29. The van der Waals surface area contributed by atoms with E-state index in [1.54, 1.807) is 11.8 Å². The van der Waals surface area contributed by atoms with Crippen LogP contribution in [0.25, 0.3) is 0 Å². The van der Waals surface area contributed by atoms with Crippen molar-refractivity contribution in [2.75, 3.05) is 24.2 Å². The molecule has 2 fully saturated rings. The average Bonchev–Trinajstić information content (AvgIpc) is 3.19. The third-order valence-corrected chi connectivity index (χ3v) is 6.32. The highest BCUT2D eigenvalue weighted by Crippen LogP contribution is 2.36. The summed E-state index contributed by atoms with van der Waals surface area (Å²) in [6.45, 7) is 7.29. The van der Waals surface area contributed by atoms with Crippen LogP contribution in [0.5, 0.6) is 0 Å². The van der Waals surface area contributed by atoms with Gasteiger partial charge in [-0.15, -0.1) is 0 Å². The zero-order valence-corrected chi connectivity index (χ0v) is 17.1. The maximum absolute atomic E-state index is 4.81. The van der Waals surface area contributed by atoms with Crippen LogP contribution in [0.4, 0.5) is 5.82 Å². The van der Waals surface area contributed by atoms with Crippen molar-refractivity contribution in [3.05, 3.63) is 39.8 Å². The lowest BCUT2D eigenvalue weighted by molar-refractivity contribution is 0.227. The molecule has 4 heterocycles. The molecule has 2 bridgehead atoms. The first-order chi connectivity index (χ1) is 12.0. The Labute approximate surface area is 161 Å². The summed E-state index contributed by atoms with van der Waals surface area (Å²) in [7, 11) is 0. The Kier molecular flexibility index (Phi) is 4.73. The van der Waals surface area contributed by atoms with Crippen LogP contribution in [0.1, 0.15) is 23.4 Å². The molecule has 0 radical (unpaired) electrons. The Hall–Kier alpha value is -1.18.